The van der Waals surface area contributed by atoms with Crippen molar-refractivity contribution >= 4 is 0 Å². The summed E-state index contributed by atoms with van der Waals surface area (Å²) >= 11 is 0. The summed E-state index contributed by atoms with van der Waals surface area (Å²) in [6.45, 7) is 8.11. The van der Waals surface area contributed by atoms with E-state index in [1.54, 1.807) is 18.2 Å². The summed E-state index contributed by atoms with van der Waals surface area (Å²) in [6, 6.07) is 6.61. The van der Waals surface area contributed by atoms with Gasteiger partial charge in [0.15, 0.2) is 11.6 Å². The van der Waals surface area contributed by atoms with Gasteiger partial charge in [0.25, 0.3) is 0 Å². The number of halogens is 1. The summed E-state index contributed by atoms with van der Waals surface area (Å²) in [6.07, 6.45) is 3.66. The zero-order chi connectivity index (χ0) is 14.9. The van der Waals surface area contributed by atoms with Crippen molar-refractivity contribution < 1.29 is 9.13 Å². The highest BCUT2D eigenvalue weighted by Crippen LogP contribution is 2.16. The van der Waals surface area contributed by atoms with E-state index < -0.39 is 0 Å². The van der Waals surface area contributed by atoms with E-state index in [9.17, 15) is 4.39 Å². The number of benzene rings is 1. The summed E-state index contributed by atoms with van der Waals surface area (Å²) in [7, 11) is 0. The van der Waals surface area contributed by atoms with Gasteiger partial charge in [-0.05, 0) is 56.9 Å². The monoisotopic (exact) mass is 294 g/mol. The smallest absolute Gasteiger partial charge is 0.165 e. The Morgan fingerprint density at radius 2 is 2.00 bits per heavy atom. The number of ether oxygens (including phenoxy) is 1. The van der Waals surface area contributed by atoms with Crippen LogP contribution in [-0.4, -0.2) is 44.2 Å². The summed E-state index contributed by atoms with van der Waals surface area (Å²) in [5.74, 6) is 0.861. The van der Waals surface area contributed by atoms with Crippen LogP contribution in [0.5, 0.6) is 5.75 Å². The molecule has 0 bridgehead atoms. The minimum absolute atomic E-state index is 0.280. The van der Waals surface area contributed by atoms with Crippen molar-refractivity contribution in [3.05, 3.63) is 30.1 Å². The number of para-hydroxylation sites is 1. The Morgan fingerprint density at radius 3 is 2.71 bits per heavy atom. The molecule has 0 radical (unpaired) electrons. The first-order chi connectivity index (χ1) is 10.3. The number of hydrogen-bond acceptors (Lipinski definition) is 3. The molecule has 4 heteroatoms. The van der Waals surface area contributed by atoms with Crippen LogP contribution >= 0.6 is 0 Å². The predicted octanol–water partition coefficient (Wildman–Crippen LogP) is 2.92. The summed E-state index contributed by atoms with van der Waals surface area (Å²) in [5, 5.41) is 3.41. The fraction of sp³-hybridized carbons (Fsp3) is 0.647. The molecule has 1 N–H and O–H groups in total. The highest BCUT2D eigenvalue weighted by Gasteiger charge is 2.16. The Labute approximate surface area is 127 Å². The van der Waals surface area contributed by atoms with Crippen molar-refractivity contribution in [1.29, 1.82) is 0 Å². The second kappa shape index (κ2) is 9.00. The lowest BCUT2D eigenvalue weighted by atomic mass is 9.97. The maximum Gasteiger partial charge on any atom is 0.165 e. The molecule has 1 fully saturated rings. The lowest BCUT2D eigenvalue weighted by molar-refractivity contribution is 0.169. The zero-order valence-electron chi connectivity index (χ0n) is 13.0. The van der Waals surface area contributed by atoms with E-state index in [-0.39, 0.29) is 5.82 Å². The Bertz CT molecular complexity index is 408. The first-order valence-electron chi connectivity index (χ1n) is 8.10. The molecule has 118 valence electrons. The molecule has 1 aromatic carbocycles. The Kier molecular flexibility index (Phi) is 6.96. The lowest BCUT2D eigenvalue weighted by Gasteiger charge is -2.29. The Morgan fingerprint density at radius 1 is 1.24 bits per heavy atom. The molecule has 0 aromatic heterocycles. The largest absolute Gasteiger partial charge is 0.489 e. The number of nitrogens with one attached hydrogen (secondary N) is 1. The molecular weight excluding hydrogens is 267 g/mol. The van der Waals surface area contributed by atoms with Crippen molar-refractivity contribution in [2.75, 3.05) is 39.3 Å². The van der Waals surface area contributed by atoms with Gasteiger partial charge in [-0.15, -0.1) is 0 Å². The number of nitrogens with zero attached hydrogens (tertiary/aromatic N) is 1. The normalized spacial score (nSPS) is 16.3. The molecule has 0 saturated carbocycles. The quantitative estimate of drug-likeness (QED) is 0.798. The van der Waals surface area contributed by atoms with E-state index >= 15 is 0 Å². The Balaban J connectivity index is 1.75. The van der Waals surface area contributed by atoms with Crippen LogP contribution in [0.25, 0.3) is 0 Å². The van der Waals surface area contributed by atoms with Gasteiger partial charge >= 0.3 is 0 Å². The molecule has 0 spiro atoms. The average molecular weight is 294 g/mol. The summed E-state index contributed by atoms with van der Waals surface area (Å²) in [4.78, 5) is 2.46. The van der Waals surface area contributed by atoms with Gasteiger partial charge in [-0.25, -0.2) is 4.39 Å². The van der Waals surface area contributed by atoms with Crippen LogP contribution in [0.2, 0.25) is 0 Å². The molecule has 3 nitrogen and oxygen atoms in total. The molecule has 1 heterocycles. The van der Waals surface area contributed by atoms with Crippen molar-refractivity contribution in [3.8, 4) is 5.75 Å². The zero-order valence-corrected chi connectivity index (χ0v) is 13.0. The van der Waals surface area contributed by atoms with Crippen LogP contribution in [0.3, 0.4) is 0 Å². The van der Waals surface area contributed by atoms with E-state index in [0.29, 0.717) is 12.4 Å². The number of rotatable bonds is 8. The molecule has 1 aliphatic heterocycles. The fourth-order valence-corrected chi connectivity index (χ4v) is 2.89. The van der Waals surface area contributed by atoms with Crippen LogP contribution in [0.1, 0.15) is 26.2 Å². The third-order valence-electron chi connectivity index (χ3n) is 4.02. The van der Waals surface area contributed by atoms with Gasteiger partial charge in [0.05, 0.1) is 0 Å². The van der Waals surface area contributed by atoms with E-state index in [4.69, 9.17) is 4.74 Å². The second-order valence-electron chi connectivity index (χ2n) is 5.77. The summed E-state index contributed by atoms with van der Waals surface area (Å²) < 4.78 is 19.1. The predicted molar refractivity (Wildman–Crippen MR) is 84.2 cm³/mol. The first kappa shape index (κ1) is 16.2. The van der Waals surface area contributed by atoms with Crippen molar-refractivity contribution in [2.24, 2.45) is 5.92 Å². The van der Waals surface area contributed by atoms with Gasteiger partial charge in [-0.2, -0.15) is 0 Å². The van der Waals surface area contributed by atoms with Crippen LogP contribution in [0, 0.1) is 11.7 Å². The van der Waals surface area contributed by atoms with E-state index in [1.807, 2.05) is 0 Å². The molecule has 0 unspecified atom stereocenters. The topological polar surface area (TPSA) is 24.5 Å². The van der Waals surface area contributed by atoms with Crippen molar-refractivity contribution in [1.82, 2.24) is 10.2 Å². The van der Waals surface area contributed by atoms with Crippen molar-refractivity contribution in [3.63, 3.8) is 0 Å². The van der Waals surface area contributed by atoms with Crippen LogP contribution < -0.4 is 10.1 Å². The molecule has 0 amide bonds. The molecule has 1 saturated heterocycles. The third kappa shape index (κ3) is 5.64. The fourth-order valence-electron chi connectivity index (χ4n) is 2.89. The minimum Gasteiger partial charge on any atom is -0.489 e. The lowest BCUT2D eigenvalue weighted by Crippen LogP contribution is -2.38. The highest BCUT2D eigenvalue weighted by atomic mass is 19.1. The van der Waals surface area contributed by atoms with E-state index in [2.05, 4.69) is 17.1 Å². The first-order valence-corrected chi connectivity index (χ1v) is 8.10. The SMILES string of the molecule is CCCN(CCOc1ccccc1F)CC1CCNCC1. The third-order valence-corrected chi connectivity index (χ3v) is 4.02. The molecule has 2 rings (SSSR count). The molecule has 21 heavy (non-hydrogen) atoms. The van der Waals surface area contributed by atoms with Gasteiger partial charge < -0.3 is 10.1 Å². The van der Waals surface area contributed by atoms with E-state index in [0.717, 1.165) is 45.1 Å². The summed E-state index contributed by atoms with van der Waals surface area (Å²) in [5.41, 5.74) is 0. The number of hydrogen-bond donors (Lipinski definition) is 1. The molecule has 0 atom stereocenters. The van der Waals surface area contributed by atoms with Gasteiger partial charge in [0, 0.05) is 13.1 Å². The highest BCUT2D eigenvalue weighted by molar-refractivity contribution is 5.23. The minimum atomic E-state index is -0.280. The average Bonchev–Trinajstić information content (AvgIpc) is 2.50. The van der Waals surface area contributed by atoms with Crippen LogP contribution in [0.15, 0.2) is 24.3 Å². The van der Waals surface area contributed by atoms with Crippen LogP contribution in [-0.2, 0) is 0 Å². The number of piperidine rings is 1. The van der Waals surface area contributed by atoms with Gasteiger partial charge in [-0.3, -0.25) is 4.90 Å². The maximum absolute atomic E-state index is 13.5. The second-order valence-corrected chi connectivity index (χ2v) is 5.77. The Hall–Kier alpha value is -1.13. The van der Waals surface area contributed by atoms with Gasteiger partial charge in [-0.1, -0.05) is 19.1 Å². The molecule has 1 aromatic rings. The van der Waals surface area contributed by atoms with Gasteiger partial charge in [0.2, 0.25) is 0 Å². The van der Waals surface area contributed by atoms with Crippen molar-refractivity contribution in [2.45, 2.75) is 26.2 Å². The molecular formula is C17H27FN2O. The van der Waals surface area contributed by atoms with Gasteiger partial charge in [0.1, 0.15) is 6.61 Å². The van der Waals surface area contributed by atoms with E-state index in [1.165, 1.54) is 18.9 Å². The molecule has 0 aliphatic carbocycles. The standard InChI is InChI=1S/C17H27FN2O/c1-2-11-20(14-15-7-9-19-10-8-15)12-13-21-17-6-4-3-5-16(17)18/h3-6,15,19H,2,7-14H2,1H3. The maximum atomic E-state index is 13.5. The van der Waals surface area contributed by atoms with Crippen LogP contribution in [0.4, 0.5) is 4.39 Å². The molecule has 1 aliphatic rings.